The molecule has 0 spiro atoms. The topological polar surface area (TPSA) is 114 Å². The fourth-order valence-corrected chi connectivity index (χ4v) is 4.70. The second-order valence-electron chi connectivity index (χ2n) is 9.10. The van der Waals surface area contributed by atoms with E-state index in [1.165, 1.54) is 16.5 Å². The van der Waals surface area contributed by atoms with E-state index in [0.29, 0.717) is 24.0 Å². The van der Waals surface area contributed by atoms with Crippen molar-refractivity contribution < 1.29 is 9.59 Å². The molecule has 1 amide bonds. The SMILES string of the molecule is CN(C)C(=O)Cn1c(N2CCC3CNC=C32)nc2c1c(=O)n(CC(=O)c1ccccc1)c(=O)n2C. The minimum Gasteiger partial charge on any atom is -0.389 e. The molecule has 1 saturated heterocycles. The Morgan fingerprint density at radius 1 is 1.11 bits per heavy atom. The first kappa shape index (κ1) is 22.6. The highest BCUT2D eigenvalue weighted by atomic mass is 16.2. The second-order valence-corrected chi connectivity index (χ2v) is 9.10. The monoisotopic (exact) mass is 477 g/mol. The number of anilines is 1. The number of nitrogens with zero attached hydrogens (tertiary/aromatic N) is 6. The molecule has 2 aliphatic rings. The maximum Gasteiger partial charge on any atom is 0.332 e. The van der Waals surface area contributed by atoms with Gasteiger partial charge in [0.05, 0.1) is 6.54 Å². The number of likely N-dealkylation sites (N-methyl/N-ethyl adjacent to an activating group) is 1. The van der Waals surface area contributed by atoms with Gasteiger partial charge in [-0.1, -0.05) is 30.3 Å². The van der Waals surface area contributed by atoms with Gasteiger partial charge in [-0.2, -0.15) is 4.98 Å². The quantitative estimate of drug-likeness (QED) is 0.502. The summed E-state index contributed by atoms with van der Waals surface area (Å²) in [5.41, 5.74) is 0.466. The molecule has 11 heteroatoms. The molecule has 35 heavy (non-hydrogen) atoms. The van der Waals surface area contributed by atoms with Gasteiger partial charge in [-0.3, -0.25) is 28.1 Å². The molecule has 4 heterocycles. The van der Waals surface area contributed by atoms with E-state index in [-0.39, 0.29) is 29.4 Å². The van der Waals surface area contributed by atoms with Crippen LogP contribution in [0.3, 0.4) is 0 Å². The number of aryl methyl sites for hydroxylation is 1. The van der Waals surface area contributed by atoms with Gasteiger partial charge in [0.2, 0.25) is 11.9 Å². The Kier molecular flexibility index (Phi) is 5.54. The Morgan fingerprint density at radius 2 is 1.86 bits per heavy atom. The minimum atomic E-state index is -0.646. The molecular formula is C24H27N7O4. The lowest BCUT2D eigenvalue weighted by Crippen LogP contribution is -2.41. The summed E-state index contributed by atoms with van der Waals surface area (Å²) < 4.78 is 3.76. The number of benzene rings is 1. The predicted molar refractivity (Wildman–Crippen MR) is 130 cm³/mol. The van der Waals surface area contributed by atoms with Gasteiger partial charge in [-0.15, -0.1) is 0 Å². The third-order valence-electron chi connectivity index (χ3n) is 6.69. The maximum absolute atomic E-state index is 13.7. The summed E-state index contributed by atoms with van der Waals surface area (Å²) in [6, 6.07) is 8.51. The fourth-order valence-electron chi connectivity index (χ4n) is 4.70. The molecule has 0 saturated carbocycles. The number of fused-ring (bicyclic) bond motifs is 2. The van der Waals surface area contributed by atoms with E-state index in [1.807, 2.05) is 11.1 Å². The molecule has 1 aromatic carbocycles. The molecule has 11 nitrogen and oxygen atoms in total. The molecule has 0 bridgehead atoms. The van der Waals surface area contributed by atoms with E-state index in [9.17, 15) is 19.2 Å². The summed E-state index contributed by atoms with van der Waals surface area (Å²) in [6.45, 7) is 0.983. The van der Waals surface area contributed by atoms with Crippen LogP contribution < -0.4 is 21.5 Å². The van der Waals surface area contributed by atoms with E-state index < -0.39 is 17.8 Å². The van der Waals surface area contributed by atoms with E-state index in [2.05, 4.69) is 10.3 Å². The van der Waals surface area contributed by atoms with Crippen LogP contribution >= 0.6 is 0 Å². The third-order valence-corrected chi connectivity index (χ3v) is 6.69. The van der Waals surface area contributed by atoms with Gasteiger partial charge in [-0.25, -0.2) is 4.79 Å². The van der Waals surface area contributed by atoms with Crippen LogP contribution in [0.5, 0.6) is 0 Å². The largest absolute Gasteiger partial charge is 0.389 e. The van der Waals surface area contributed by atoms with Crippen LogP contribution in [0.25, 0.3) is 11.2 Å². The van der Waals surface area contributed by atoms with Gasteiger partial charge in [0.15, 0.2) is 16.9 Å². The highest BCUT2D eigenvalue weighted by molar-refractivity contribution is 5.96. The zero-order chi connectivity index (χ0) is 24.9. The van der Waals surface area contributed by atoms with E-state index >= 15 is 0 Å². The summed E-state index contributed by atoms with van der Waals surface area (Å²) in [4.78, 5) is 60.5. The Morgan fingerprint density at radius 3 is 2.57 bits per heavy atom. The van der Waals surface area contributed by atoms with Gasteiger partial charge in [-0.05, 0) is 6.42 Å². The number of carbonyl (C=O) groups is 2. The molecule has 1 N–H and O–H groups in total. The van der Waals surface area contributed by atoms with Crippen molar-refractivity contribution in [1.29, 1.82) is 0 Å². The normalized spacial score (nSPS) is 16.8. The standard InChI is InChI=1S/C24H27N7O4/c1-27(2)19(33)14-30-20-21(26-23(30)29-10-9-16-11-25-12-17(16)29)28(3)24(35)31(22(20)34)13-18(32)15-7-5-4-6-8-15/h4-8,12,16,25H,9-11,13-14H2,1-3H3. The molecule has 3 aromatic rings. The summed E-state index contributed by atoms with van der Waals surface area (Å²) in [5.74, 6) is 0.188. The van der Waals surface area contributed by atoms with Crippen LogP contribution in [-0.2, 0) is 24.9 Å². The van der Waals surface area contributed by atoms with Crippen LogP contribution in [0.15, 0.2) is 51.8 Å². The summed E-state index contributed by atoms with van der Waals surface area (Å²) in [6.07, 6.45) is 2.85. The fraction of sp³-hybridized carbons (Fsp3) is 0.375. The number of amides is 1. The van der Waals surface area contributed by atoms with Crippen molar-refractivity contribution in [2.24, 2.45) is 13.0 Å². The number of carbonyl (C=O) groups excluding carboxylic acids is 2. The number of imidazole rings is 1. The lowest BCUT2D eigenvalue weighted by Gasteiger charge is -2.21. The molecule has 1 unspecified atom stereocenters. The number of aromatic nitrogens is 4. The molecule has 1 fully saturated rings. The van der Waals surface area contributed by atoms with Gasteiger partial charge in [0.1, 0.15) is 6.54 Å². The van der Waals surface area contributed by atoms with Crippen molar-refractivity contribution in [2.75, 3.05) is 32.1 Å². The number of hydrogen-bond acceptors (Lipinski definition) is 7. The van der Waals surface area contributed by atoms with Gasteiger partial charge < -0.3 is 15.1 Å². The van der Waals surface area contributed by atoms with Crippen LogP contribution in [0.1, 0.15) is 16.8 Å². The van der Waals surface area contributed by atoms with Gasteiger partial charge >= 0.3 is 5.69 Å². The first-order valence-electron chi connectivity index (χ1n) is 11.5. The van der Waals surface area contributed by atoms with Crippen molar-refractivity contribution in [3.8, 4) is 0 Å². The minimum absolute atomic E-state index is 0.119. The smallest absolute Gasteiger partial charge is 0.332 e. The molecule has 1 atom stereocenters. The number of Topliss-reactive ketones (excluding diaryl/α,β-unsaturated/α-hetero) is 1. The van der Waals surface area contributed by atoms with Crippen molar-refractivity contribution in [2.45, 2.75) is 19.5 Å². The number of rotatable bonds is 6. The first-order chi connectivity index (χ1) is 16.8. The number of hydrogen-bond donors (Lipinski definition) is 1. The highest BCUT2D eigenvalue weighted by Crippen LogP contribution is 2.35. The average molecular weight is 478 g/mol. The van der Waals surface area contributed by atoms with E-state index in [0.717, 1.165) is 23.2 Å². The Hall–Kier alpha value is -4.15. The van der Waals surface area contributed by atoms with Crippen molar-refractivity contribution in [3.63, 3.8) is 0 Å². The van der Waals surface area contributed by atoms with Crippen molar-refractivity contribution in [1.82, 2.24) is 28.9 Å². The zero-order valence-electron chi connectivity index (χ0n) is 19.9. The molecular weight excluding hydrogens is 450 g/mol. The summed E-state index contributed by atoms with van der Waals surface area (Å²) in [7, 11) is 4.80. The molecule has 2 aromatic heterocycles. The maximum atomic E-state index is 13.7. The Balaban J connectivity index is 1.69. The molecule has 5 rings (SSSR count). The van der Waals surface area contributed by atoms with Crippen LogP contribution in [-0.4, -0.2) is 62.5 Å². The van der Waals surface area contributed by atoms with Gasteiger partial charge in [0.25, 0.3) is 5.56 Å². The van der Waals surface area contributed by atoms with Crippen LogP contribution in [0.2, 0.25) is 0 Å². The zero-order valence-corrected chi connectivity index (χ0v) is 19.9. The van der Waals surface area contributed by atoms with Crippen molar-refractivity contribution in [3.05, 3.63) is 68.6 Å². The lowest BCUT2D eigenvalue weighted by molar-refractivity contribution is -0.129. The summed E-state index contributed by atoms with van der Waals surface area (Å²) >= 11 is 0. The Labute approximate surface area is 200 Å². The van der Waals surface area contributed by atoms with E-state index in [1.54, 1.807) is 49.0 Å². The number of ketones is 1. The lowest BCUT2D eigenvalue weighted by atomic mass is 10.1. The second kappa shape index (κ2) is 8.57. The Bertz CT molecular complexity index is 1480. The third kappa shape index (κ3) is 3.72. The van der Waals surface area contributed by atoms with Gasteiger partial charge in [0, 0.05) is 57.6 Å². The van der Waals surface area contributed by atoms with Crippen LogP contribution in [0, 0.1) is 5.92 Å². The van der Waals surface area contributed by atoms with E-state index in [4.69, 9.17) is 0 Å². The number of nitrogens with one attached hydrogen (secondary N) is 1. The average Bonchev–Trinajstić information content (AvgIpc) is 3.56. The van der Waals surface area contributed by atoms with Crippen LogP contribution in [0.4, 0.5) is 5.95 Å². The molecule has 0 aliphatic carbocycles. The molecule has 0 radical (unpaired) electrons. The predicted octanol–water partition coefficient (Wildman–Crippen LogP) is 0.139. The highest BCUT2D eigenvalue weighted by Gasteiger charge is 2.35. The summed E-state index contributed by atoms with van der Waals surface area (Å²) in [5, 5.41) is 3.24. The van der Waals surface area contributed by atoms with Crippen molar-refractivity contribution >= 4 is 28.8 Å². The molecule has 2 aliphatic heterocycles. The molecule has 182 valence electrons. The first-order valence-corrected chi connectivity index (χ1v) is 11.5.